The monoisotopic (exact) mass is 206 g/mol. The number of hydrogen-bond acceptors (Lipinski definition) is 3. The molecule has 0 amide bonds. The van der Waals surface area contributed by atoms with Crippen LogP contribution in [0.5, 0.6) is 0 Å². The van der Waals surface area contributed by atoms with Gasteiger partial charge in [-0.05, 0) is 4.32 Å². The van der Waals surface area contributed by atoms with Gasteiger partial charge in [-0.1, -0.05) is 0 Å². The van der Waals surface area contributed by atoms with Crippen LogP contribution in [-0.2, 0) is 33.7 Å². The van der Waals surface area contributed by atoms with Gasteiger partial charge >= 0.3 is 0 Å². The largest absolute Gasteiger partial charge is 0.409 e. The molecule has 0 aromatic carbocycles. The summed E-state index contributed by atoms with van der Waals surface area (Å²) in [6.07, 6.45) is 0. The molecule has 0 bridgehead atoms. The van der Waals surface area contributed by atoms with Crippen molar-refractivity contribution in [1.29, 1.82) is 0 Å². The Morgan fingerprint density at radius 3 is 2.00 bits per heavy atom. The normalized spacial score (nSPS) is 5.50. The van der Waals surface area contributed by atoms with Crippen LogP contribution in [0, 0.1) is 0 Å². The van der Waals surface area contributed by atoms with Gasteiger partial charge in [-0.3, -0.25) is 10.7 Å². The van der Waals surface area contributed by atoms with E-state index in [1.54, 1.807) is 5.48 Å². The van der Waals surface area contributed by atoms with E-state index in [9.17, 15) is 0 Å². The fourth-order valence-corrected chi connectivity index (χ4v) is 0. The maximum atomic E-state index is 7.65. The van der Waals surface area contributed by atoms with Crippen molar-refractivity contribution in [3.8, 4) is 0 Å². The molecule has 0 aliphatic heterocycles. The van der Waals surface area contributed by atoms with Crippen molar-refractivity contribution in [3.05, 3.63) is 0 Å². The Morgan fingerprint density at radius 2 is 2.00 bits per heavy atom. The zero-order valence-electron chi connectivity index (χ0n) is 2.67. The molecule has 5 heteroatoms. The minimum atomic E-state index is -0.0231. The third-order valence-corrected chi connectivity index (χ3v) is 0.274. The average Bonchev–Trinajstić information content (AvgIpc) is 1.38. The summed E-state index contributed by atoms with van der Waals surface area (Å²) < 4.78 is -0.0231. The summed E-state index contributed by atoms with van der Waals surface area (Å²) in [7, 11) is 0. The summed E-state index contributed by atoms with van der Waals surface area (Å²) in [4.78, 5) is 0. The van der Waals surface area contributed by atoms with Gasteiger partial charge in [0.2, 0.25) is 0 Å². The zero-order valence-corrected chi connectivity index (χ0v) is 6.31. The number of rotatable bonds is 0. The quantitative estimate of drug-likeness (QED) is 0.247. The summed E-state index contributed by atoms with van der Waals surface area (Å²) in [5, 5.41) is 7.65. The van der Waals surface area contributed by atoms with Crippen LogP contribution in [0.1, 0.15) is 0 Å². The van der Waals surface area contributed by atoms with Crippen LogP contribution in [0.2, 0.25) is 0 Å². The van der Waals surface area contributed by atoms with Crippen LogP contribution in [0.25, 0.3) is 0 Å². The summed E-state index contributed by atoms with van der Waals surface area (Å²) in [6.45, 7) is 0. The Bertz CT molecular complexity index is 48.8. The van der Waals surface area contributed by atoms with Crippen LogP contribution in [-0.4, -0.2) is 9.53 Å². The van der Waals surface area contributed by atoms with E-state index < -0.39 is 0 Å². The summed E-state index contributed by atoms with van der Waals surface area (Å²) >= 11 is 8.30. The smallest absolute Gasteiger partial charge is 0 e. The molecule has 0 aromatic heterocycles. The molecule has 0 heterocycles. The fourth-order valence-electron chi connectivity index (χ4n) is 0. The van der Waals surface area contributed by atoms with Gasteiger partial charge in [0.15, 0.2) is 0 Å². The van der Waals surface area contributed by atoms with Gasteiger partial charge in [0.1, 0.15) is 0 Å². The molecule has 0 fully saturated rings. The first kappa shape index (κ1) is 9.90. The first-order valence-electron chi connectivity index (χ1n) is 0.882. The Balaban J connectivity index is 0. The maximum Gasteiger partial charge on any atom is 0 e. The van der Waals surface area contributed by atoms with Crippen molar-refractivity contribution in [3.63, 3.8) is 0 Å². The van der Waals surface area contributed by atoms with Gasteiger partial charge in [0.05, 0.1) is 0 Å². The first-order valence-corrected chi connectivity index (χ1v) is 1.70. The van der Waals surface area contributed by atoms with Crippen LogP contribution < -0.4 is 5.48 Å². The zero-order chi connectivity index (χ0) is 4.28. The van der Waals surface area contributed by atoms with Crippen molar-refractivity contribution in [2.45, 2.75) is 0 Å². The minimum absolute atomic E-state index is 0. The third-order valence-electron chi connectivity index (χ3n) is 0.0913. The third kappa shape index (κ3) is 8.83. The number of hydroxylamine groups is 1. The summed E-state index contributed by atoms with van der Waals surface area (Å²) in [5.41, 5.74) is 1.57. The molecule has 36 valence electrons. The number of thiocarbonyl (C=S) groups is 1. The predicted octanol–water partition coefficient (Wildman–Crippen LogP) is -0.206. The van der Waals surface area contributed by atoms with Gasteiger partial charge < -0.3 is 24.8 Å². The number of nitrogens with one attached hydrogen (secondary N) is 1. The van der Waals surface area contributed by atoms with Crippen LogP contribution in [0.15, 0.2) is 0 Å². The molecule has 6 heavy (non-hydrogen) atoms. The molecule has 2 nitrogen and oxygen atoms in total. The Labute approximate surface area is 60.9 Å². The second kappa shape index (κ2) is 5.76. The number of hydrogen-bond donors (Lipinski definition) is 2. The topological polar surface area (TPSA) is 32.3 Å². The molecule has 0 aromatic rings. The van der Waals surface area contributed by atoms with Crippen molar-refractivity contribution in [1.82, 2.24) is 5.48 Å². The maximum absolute atomic E-state index is 7.65. The van der Waals surface area contributed by atoms with E-state index in [1.807, 2.05) is 0 Å². The Hall–Kier alpha value is 0.758. The van der Waals surface area contributed by atoms with E-state index >= 15 is 0 Å². The molecule has 0 spiro atoms. The molecule has 0 saturated heterocycles. The van der Waals surface area contributed by atoms with E-state index in [4.69, 9.17) is 5.21 Å². The standard InChI is InChI=1S/CH3NOS2.Mo/c3-2-1(4)5;/h3H,(H2,2,4,5);/p-1. The second-order valence-corrected chi connectivity index (χ2v) is 1.47. The van der Waals surface area contributed by atoms with E-state index in [1.165, 1.54) is 0 Å². The van der Waals surface area contributed by atoms with Crippen LogP contribution in [0.4, 0.5) is 0 Å². The van der Waals surface area contributed by atoms with E-state index in [2.05, 4.69) is 24.8 Å². The Kier molecular flexibility index (Phi) is 9.50. The van der Waals surface area contributed by atoms with Crippen molar-refractivity contribution < 1.29 is 26.3 Å². The van der Waals surface area contributed by atoms with Gasteiger partial charge in [-0.15, -0.1) is 0 Å². The van der Waals surface area contributed by atoms with Gasteiger partial charge in [0.25, 0.3) is 0 Å². The molecule has 0 saturated carbocycles. The molecule has 0 atom stereocenters. The Morgan fingerprint density at radius 1 is 1.83 bits per heavy atom. The van der Waals surface area contributed by atoms with Crippen molar-refractivity contribution >= 4 is 29.2 Å². The van der Waals surface area contributed by atoms with E-state index in [-0.39, 0.29) is 25.4 Å². The predicted molar refractivity (Wildman–Crippen MR) is 24.9 cm³/mol. The van der Waals surface area contributed by atoms with Gasteiger partial charge in [0, 0.05) is 21.1 Å². The average molecular weight is 204 g/mol. The molecular formula is CH2MoNOS2-. The fraction of sp³-hybridized carbons (Fsp3) is 0. The summed E-state index contributed by atoms with van der Waals surface area (Å²) in [6, 6.07) is 0. The van der Waals surface area contributed by atoms with E-state index in [0.717, 1.165) is 0 Å². The van der Waals surface area contributed by atoms with E-state index in [0.29, 0.717) is 0 Å². The molecule has 0 radical (unpaired) electrons. The molecule has 2 N–H and O–H groups in total. The SMILES string of the molecule is ONC(=S)[S-].[Mo]. The summed E-state index contributed by atoms with van der Waals surface area (Å²) in [5.74, 6) is 0. The molecular weight excluding hydrogens is 202 g/mol. The second-order valence-electron chi connectivity index (χ2n) is 0.399. The van der Waals surface area contributed by atoms with Crippen molar-refractivity contribution in [2.24, 2.45) is 0 Å². The van der Waals surface area contributed by atoms with Crippen LogP contribution in [0.3, 0.4) is 0 Å². The molecule has 0 unspecified atom stereocenters. The molecule has 0 aliphatic rings. The van der Waals surface area contributed by atoms with Crippen LogP contribution >= 0.6 is 12.2 Å². The molecule has 0 rings (SSSR count). The van der Waals surface area contributed by atoms with Gasteiger partial charge in [-0.2, -0.15) is 0 Å². The van der Waals surface area contributed by atoms with Crippen molar-refractivity contribution in [2.75, 3.05) is 0 Å². The van der Waals surface area contributed by atoms with Gasteiger partial charge in [-0.25, -0.2) is 0 Å². The minimum Gasteiger partial charge on any atom is -0.409 e. The molecule has 0 aliphatic carbocycles. The first-order chi connectivity index (χ1) is 2.27.